The molecule has 0 aliphatic carbocycles. The van der Waals surface area contributed by atoms with Gasteiger partial charge in [0, 0.05) is 0 Å². The number of aryl methyl sites for hydroxylation is 1. The lowest BCUT2D eigenvalue weighted by atomic mass is 10.2. The molecular formula is C18H19F3N2O3. The SMILES string of the molecule is COc1cc(C)ccc1OCC(=O)Nc1ccccc1NCC(F)(F)F. The topological polar surface area (TPSA) is 59.6 Å². The number of rotatable bonds is 7. The highest BCUT2D eigenvalue weighted by molar-refractivity contribution is 5.95. The summed E-state index contributed by atoms with van der Waals surface area (Å²) >= 11 is 0. The largest absolute Gasteiger partial charge is 0.493 e. The number of para-hydroxylation sites is 2. The molecule has 8 heteroatoms. The lowest BCUT2D eigenvalue weighted by Crippen LogP contribution is -2.24. The fourth-order valence-electron chi connectivity index (χ4n) is 2.17. The smallest absolute Gasteiger partial charge is 0.405 e. The number of hydrogen-bond acceptors (Lipinski definition) is 4. The van der Waals surface area contributed by atoms with E-state index >= 15 is 0 Å². The number of benzene rings is 2. The third-order valence-corrected chi connectivity index (χ3v) is 3.36. The van der Waals surface area contributed by atoms with Gasteiger partial charge in [0.15, 0.2) is 18.1 Å². The molecule has 5 nitrogen and oxygen atoms in total. The Kier molecular flexibility index (Phi) is 6.32. The van der Waals surface area contributed by atoms with Gasteiger partial charge in [-0.05, 0) is 36.8 Å². The Bertz CT molecular complexity index is 764. The van der Waals surface area contributed by atoms with Crippen molar-refractivity contribution in [1.82, 2.24) is 0 Å². The van der Waals surface area contributed by atoms with E-state index in [4.69, 9.17) is 9.47 Å². The van der Waals surface area contributed by atoms with Crippen LogP contribution in [0.3, 0.4) is 0 Å². The van der Waals surface area contributed by atoms with E-state index in [0.717, 1.165) is 5.56 Å². The van der Waals surface area contributed by atoms with Crippen LogP contribution in [0.5, 0.6) is 11.5 Å². The van der Waals surface area contributed by atoms with Crippen LogP contribution in [0.15, 0.2) is 42.5 Å². The van der Waals surface area contributed by atoms with E-state index in [1.54, 1.807) is 24.3 Å². The number of nitrogens with one attached hydrogen (secondary N) is 2. The van der Waals surface area contributed by atoms with Crippen molar-refractivity contribution in [2.75, 3.05) is 30.9 Å². The van der Waals surface area contributed by atoms with Crippen LogP contribution in [0, 0.1) is 6.92 Å². The Morgan fingerprint density at radius 1 is 1.08 bits per heavy atom. The van der Waals surface area contributed by atoms with Crippen LogP contribution in [0.4, 0.5) is 24.5 Å². The van der Waals surface area contributed by atoms with Crippen LogP contribution in [0.25, 0.3) is 0 Å². The van der Waals surface area contributed by atoms with Crippen LogP contribution in [0.2, 0.25) is 0 Å². The average Bonchev–Trinajstić information content (AvgIpc) is 2.59. The van der Waals surface area contributed by atoms with E-state index in [2.05, 4.69) is 10.6 Å². The van der Waals surface area contributed by atoms with Gasteiger partial charge in [-0.1, -0.05) is 18.2 Å². The molecule has 0 fully saturated rings. The average molecular weight is 368 g/mol. The van der Waals surface area contributed by atoms with Crippen LogP contribution in [-0.2, 0) is 4.79 Å². The predicted octanol–water partition coefficient (Wildman–Crippen LogP) is 4.00. The quantitative estimate of drug-likeness (QED) is 0.776. The van der Waals surface area contributed by atoms with Crippen molar-refractivity contribution in [3.63, 3.8) is 0 Å². The maximum absolute atomic E-state index is 12.4. The van der Waals surface area contributed by atoms with Crippen molar-refractivity contribution in [3.05, 3.63) is 48.0 Å². The summed E-state index contributed by atoms with van der Waals surface area (Å²) in [5.74, 6) is 0.385. The minimum absolute atomic E-state index is 0.172. The normalized spacial score (nSPS) is 11.0. The van der Waals surface area contributed by atoms with Crippen LogP contribution < -0.4 is 20.1 Å². The molecule has 0 spiro atoms. The molecule has 0 aliphatic rings. The van der Waals surface area contributed by atoms with Crippen molar-refractivity contribution in [2.45, 2.75) is 13.1 Å². The van der Waals surface area contributed by atoms with Gasteiger partial charge in [-0.15, -0.1) is 0 Å². The summed E-state index contributed by atoms with van der Waals surface area (Å²) in [4.78, 5) is 12.1. The highest BCUT2D eigenvalue weighted by atomic mass is 19.4. The maximum atomic E-state index is 12.4. The fraction of sp³-hybridized carbons (Fsp3) is 0.278. The van der Waals surface area contributed by atoms with E-state index < -0.39 is 18.6 Å². The molecule has 2 N–H and O–H groups in total. The van der Waals surface area contributed by atoms with Crippen LogP contribution in [0.1, 0.15) is 5.56 Å². The first kappa shape index (κ1) is 19.4. The predicted molar refractivity (Wildman–Crippen MR) is 92.8 cm³/mol. The molecule has 0 unspecified atom stereocenters. The first-order chi connectivity index (χ1) is 12.3. The third-order valence-electron chi connectivity index (χ3n) is 3.36. The zero-order valence-corrected chi connectivity index (χ0v) is 14.3. The number of amides is 1. The molecule has 0 radical (unpaired) electrons. The number of carbonyl (C=O) groups excluding carboxylic acids is 1. The summed E-state index contributed by atoms with van der Waals surface area (Å²) in [6.07, 6.45) is -4.36. The van der Waals surface area contributed by atoms with Gasteiger partial charge in [-0.3, -0.25) is 4.79 Å². The Balaban J connectivity index is 1.98. The number of carbonyl (C=O) groups is 1. The maximum Gasteiger partial charge on any atom is 0.405 e. The molecular weight excluding hydrogens is 349 g/mol. The lowest BCUT2D eigenvalue weighted by molar-refractivity contribution is -0.118. The number of halogens is 3. The number of ether oxygens (including phenoxy) is 2. The minimum atomic E-state index is -4.36. The summed E-state index contributed by atoms with van der Waals surface area (Å²) in [7, 11) is 1.49. The van der Waals surface area contributed by atoms with E-state index in [-0.39, 0.29) is 18.0 Å². The number of methoxy groups -OCH3 is 1. The third kappa shape index (κ3) is 5.87. The Morgan fingerprint density at radius 2 is 1.77 bits per heavy atom. The Morgan fingerprint density at radius 3 is 2.42 bits per heavy atom. The molecule has 0 saturated carbocycles. The van der Waals surface area contributed by atoms with Gasteiger partial charge >= 0.3 is 6.18 Å². The van der Waals surface area contributed by atoms with Gasteiger partial charge in [-0.2, -0.15) is 13.2 Å². The second kappa shape index (κ2) is 8.46. The first-order valence-electron chi connectivity index (χ1n) is 7.75. The van der Waals surface area contributed by atoms with Crippen LogP contribution in [-0.4, -0.2) is 32.3 Å². The minimum Gasteiger partial charge on any atom is -0.493 e. The second-order valence-corrected chi connectivity index (χ2v) is 5.51. The van der Waals surface area contributed by atoms with Crippen LogP contribution >= 0.6 is 0 Å². The number of anilines is 2. The lowest BCUT2D eigenvalue weighted by Gasteiger charge is -2.15. The summed E-state index contributed by atoms with van der Waals surface area (Å²) in [6, 6.07) is 11.4. The highest BCUT2D eigenvalue weighted by Crippen LogP contribution is 2.28. The van der Waals surface area contributed by atoms with Crippen molar-refractivity contribution < 1.29 is 27.4 Å². The van der Waals surface area contributed by atoms with Gasteiger partial charge in [-0.25, -0.2) is 0 Å². The molecule has 0 bridgehead atoms. The number of hydrogen-bond donors (Lipinski definition) is 2. The van der Waals surface area contributed by atoms with Gasteiger partial charge in [0.2, 0.25) is 0 Å². The van der Waals surface area contributed by atoms with Gasteiger partial charge in [0.25, 0.3) is 5.91 Å². The Hall–Kier alpha value is -2.90. The second-order valence-electron chi connectivity index (χ2n) is 5.51. The molecule has 2 rings (SSSR count). The van der Waals surface area contributed by atoms with E-state index in [1.165, 1.54) is 19.2 Å². The molecule has 26 heavy (non-hydrogen) atoms. The number of alkyl halides is 3. The van der Waals surface area contributed by atoms with Gasteiger partial charge in [0.05, 0.1) is 18.5 Å². The van der Waals surface area contributed by atoms with Gasteiger partial charge in [0.1, 0.15) is 6.54 Å². The molecule has 0 aromatic heterocycles. The molecule has 2 aromatic carbocycles. The molecule has 0 saturated heterocycles. The van der Waals surface area contributed by atoms with Crippen molar-refractivity contribution >= 4 is 17.3 Å². The molecule has 0 aliphatic heterocycles. The summed E-state index contributed by atoms with van der Waals surface area (Å²) in [6.45, 7) is 0.383. The summed E-state index contributed by atoms with van der Waals surface area (Å²) in [5.41, 5.74) is 1.38. The molecule has 140 valence electrons. The van der Waals surface area contributed by atoms with Crippen molar-refractivity contribution in [2.24, 2.45) is 0 Å². The Labute approximate surface area is 149 Å². The van der Waals surface area contributed by atoms with E-state index in [1.807, 2.05) is 13.0 Å². The molecule has 2 aromatic rings. The van der Waals surface area contributed by atoms with E-state index in [9.17, 15) is 18.0 Å². The van der Waals surface area contributed by atoms with Crippen molar-refractivity contribution in [1.29, 1.82) is 0 Å². The first-order valence-corrected chi connectivity index (χ1v) is 7.75. The molecule has 1 amide bonds. The molecule has 0 heterocycles. The highest BCUT2D eigenvalue weighted by Gasteiger charge is 2.27. The summed E-state index contributed by atoms with van der Waals surface area (Å²) in [5, 5.41) is 4.79. The fourth-order valence-corrected chi connectivity index (χ4v) is 2.17. The van der Waals surface area contributed by atoms with E-state index in [0.29, 0.717) is 11.5 Å². The monoisotopic (exact) mass is 368 g/mol. The molecule has 0 atom stereocenters. The van der Waals surface area contributed by atoms with Gasteiger partial charge < -0.3 is 20.1 Å². The standard InChI is InChI=1S/C18H19F3N2O3/c1-12-7-8-15(16(9-12)25-2)26-10-17(24)23-14-6-4-3-5-13(14)22-11-18(19,20)21/h3-9,22H,10-11H2,1-2H3,(H,23,24). The van der Waals surface area contributed by atoms with Crippen molar-refractivity contribution in [3.8, 4) is 11.5 Å². The summed E-state index contributed by atoms with van der Waals surface area (Å²) < 4.78 is 47.7. The zero-order chi connectivity index (χ0) is 19.2. The zero-order valence-electron chi connectivity index (χ0n) is 14.3.